The first-order chi connectivity index (χ1) is 15.4. The average molecular weight is 445 g/mol. The maximum atomic E-state index is 13.7. The molecule has 5 heteroatoms. The zero-order valence-electron chi connectivity index (χ0n) is 20.3. The third-order valence-electron chi connectivity index (χ3n) is 11.5. The van der Waals surface area contributed by atoms with Crippen LogP contribution in [0.15, 0.2) is 0 Å². The maximum Gasteiger partial charge on any atom is 0.156 e. The molecule has 2 aliphatic heterocycles. The number of morpholine rings is 1. The molecule has 32 heavy (non-hydrogen) atoms. The van der Waals surface area contributed by atoms with E-state index in [9.17, 15) is 9.90 Å². The fraction of sp³-hybridized carbons (Fsp3) is 0.963. The standard InChI is InChI=1S/C27H44N2O3/c1-26-8-7-20-19(21(26)16-22(25(26)31)28-9-3-4-10-28)6-5-18-15-24(30)23(17-27(18,20)2)29-11-13-32-14-12-29/h18-24,30H,3-17H2,1-2H3/t18-,19+,20-,21-,22-,23-,24-,26-,27-/m0/s1. The molecule has 0 aromatic carbocycles. The van der Waals surface area contributed by atoms with Crippen molar-refractivity contribution < 1.29 is 14.6 Å². The van der Waals surface area contributed by atoms with Crippen LogP contribution in [0.3, 0.4) is 0 Å². The number of hydrogen-bond donors (Lipinski definition) is 1. The largest absolute Gasteiger partial charge is 0.391 e. The summed E-state index contributed by atoms with van der Waals surface area (Å²) >= 11 is 0. The molecular formula is C27H44N2O3. The number of carbonyl (C=O) groups is 1. The molecule has 9 atom stereocenters. The minimum absolute atomic E-state index is 0.0879. The summed E-state index contributed by atoms with van der Waals surface area (Å²) in [5.41, 5.74) is 0.219. The molecule has 6 rings (SSSR count). The molecular weight excluding hydrogens is 400 g/mol. The van der Waals surface area contributed by atoms with Crippen LogP contribution in [0.2, 0.25) is 0 Å². The molecule has 0 aromatic rings. The lowest BCUT2D eigenvalue weighted by Crippen LogP contribution is -2.60. The summed E-state index contributed by atoms with van der Waals surface area (Å²) < 4.78 is 5.60. The van der Waals surface area contributed by atoms with E-state index in [1.165, 1.54) is 32.1 Å². The Hall–Kier alpha value is -0.490. The van der Waals surface area contributed by atoms with Crippen molar-refractivity contribution in [2.45, 2.75) is 89.8 Å². The van der Waals surface area contributed by atoms with Crippen molar-refractivity contribution >= 4 is 5.78 Å². The van der Waals surface area contributed by atoms with Crippen LogP contribution in [-0.4, -0.2) is 78.3 Å². The van der Waals surface area contributed by atoms with Gasteiger partial charge in [-0.25, -0.2) is 0 Å². The molecule has 0 bridgehead atoms. The Morgan fingerprint density at radius 3 is 2.44 bits per heavy atom. The molecule has 180 valence electrons. The zero-order valence-corrected chi connectivity index (χ0v) is 20.3. The fourth-order valence-electron chi connectivity index (χ4n) is 9.71. The van der Waals surface area contributed by atoms with Crippen molar-refractivity contribution in [1.29, 1.82) is 0 Å². The predicted molar refractivity (Wildman–Crippen MR) is 124 cm³/mol. The third-order valence-corrected chi connectivity index (χ3v) is 11.5. The first-order valence-corrected chi connectivity index (χ1v) is 13.7. The van der Waals surface area contributed by atoms with Gasteiger partial charge < -0.3 is 9.84 Å². The monoisotopic (exact) mass is 444 g/mol. The number of hydrogen-bond acceptors (Lipinski definition) is 5. The number of aliphatic hydroxyl groups is 1. The van der Waals surface area contributed by atoms with Crippen LogP contribution in [-0.2, 0) is 9.53 Å². The van der Waals surface area contributed by atoms with Crippen LogP contribution in [0.1, 0.15) is 71.6 Å². The fourth-order valence-corrected chi connectivity index (χ4v) is 9.71. The van der Waals surface area contributed by atoms with E-state index in [1.807, 2.05) is 0 Å². The normalized spacial score (nSPS) is 52.5. The van der Waals surface area contributed by atoms with Gasteiger partial charge in [0.05, 0.1) is 25.4 Å². The molecule has 1 N–H and O–H groups in total. The number of carbonyl (C=O) groups excluding carboxylic acids is 1. The molecule has 2 heterocycles. The highest BCUT2D eigenvalue weighted by Crippen LogP contribution is 2.66. The summed E-state index contributed by atoms with van der Waals surface area (Å²) in [6, 6.07) is 0.487. The van der Waals surface area contributed by atoms with E-state index in [2.05, 4.69) is 23.6 Å². The summed E-state index contributed by atoms with van der Waals surface area (Å²) in [4.78, 5) is 18.7. The lowest BCUT2D eigenvalue weighted by Gasteiger charge is -2.62. The smallest absolute Gasteiger partial charge is 0.156 e. The molecule has 4 saturated carbocycles. The lowest BCUT2D eigenvalue weighted by molar-refractivity contribution is -0.156. The van der Waals surface area contributed by atoms with Crippen molar-refractivity contribution in [3.8, 4) is 0 Å². The topological polar surface area (TPSA) is 53.0 Å². The number of nitrogens with zero attached hydrogens (tertiary/aromatic N) is 2. The van der Waals surface area contributed by atoms with Crippen molar-refractivity contribution in [3.05, 3.63) is 0 Å². The quantitative estimate of drug-likeness (QED) is 0.708. The van der Waals surface area contributed by atoms with E-state index < -0.39 is 0 Å². The first-order valence-electron chi connectivity index (χ1n) is 13.7. The van der Waals surface area contributed by atoms with E-state index in [4.69, 9.17) is 4.74 Å². The van der Waals surface area contributed by atoms with Crippen LogP contribution in [0.4, 0.5) is 0 Å². The molecule has 0 aromatic heterocycles. The maximum absolute atomic E-state index is 13.7. The molecule has 0 amide bonds. The summed E-state index contributed by atoms with van der Waals surface area (Å²) in [5, 5.41) is 11.1. The second kappa shape index (κ2) is 8.03. The number of ether oxygens (including phenoxy) is 1. The summed E-state index contributed by atoms with van der Waals surface area (Å²) in [7, 11) is 0. The van der Waals surface area contributed by atoms with Gasteiger partial charge in [0, 0.05) is 24.5 Å². The third kappa shape index (κ3) is 3.21. The van der Waals surface area contributed by atoms with Gasteiger partial charge in [-0.05, 0) is 100.0 Å². The number of fused-ring (bicyclic) bond motifs is 5. The molecule has 6 fully saturated rings. The minimum atomic E-state index is -0.191. The van der Waals surface area contributed by atoms with Crippen LogP contribution in [0.25, 0.3) is 0 Å². The van der Waals surface area contributed by atoms with Crippen LogP contribution in [0.5, 0.6) is 0 Å². The average Bonchev–Trinajstić information content (AvgIpc) is 3.41. The highest BCUT2D eigenvalue weighted by atomic mass is 16.5. The van der Waals surface area contributed by atoms with E-state index in [0.717, 1.165) is 71.0 Å². The van der Waals surface area contributed by atoms with Crippen molar-refractivity contribution in [1.82, 2.24) is 9.80 Å². The van der Waals surface area contributed by atoms with Crippen LogP contribution < -0.4 is 0 Å². The SMILES string of the molecule is C[C@]12C[C@H](N3CCOCC3)[C@@H](O)C[C@@H]1CC[C@@H]1[C@@H]2CC[C@]2(C)C(=O)[C@@H](N3CCCC3)C[C@@H]12. The molecule has 5 nitrogen and oxygen atoms in total. The number of likely N-dealkylation sites (tertiary alicyclic amines) is 1. The van der Waals surface area contributed by atoms with Gasteiger partial charge >= 0.3 is 0 Å². The van der Waals surface area contributed by atoms with Gasteiger partial charge in [-0.3, -0.25) is 14.6 Å². The van der Waals surface area contributed by atoms with Crippen LogP contribution in [0, 0.1) is 34.5 Å². The summed E-state index contributed by atoms with van der Waals surface area (Å²) in [6.45, 7) is 10.7. The van der Waals surface area contributed by atoms with Gasteiger partial charge in [0.25, 0.3) is 0 Å². The molecule has 0 radical (unpaired) electrons. The number of aliphatic hydroxyl groups excluding tert-OH is 1. The van der Waals surface area contributed by atoms with E-state index in [1.54, 1.807) is 0 Å². The Morgan fingerprint density at radius 1 is 0.938 bits per heavy atom. The van der Waals surface area contributed by atoms with Crippen LogP contribution >= 0.6 is 0 Å². The van der Waals surface area contributed by atoms with Gasteiger partial charge in [0.1, 0.15) is 0 Å². The number of Topliss-reactive ketones (excluding diaryl/α,β-unsaturated/α-hetero) is 1. The van der Waals surface area contributed by atoms with Crippen molar-refractivity contribution in [2.75, 3.05) is 39.4 Å². The predicted octanol–water partition coefficient (Wildman–Crippen LogP) is 3.34. The summed E-state index contributed by atoms with van der Waals surface area (Å²) in [6.07, 6.45) is 10.4. The second-order valence-electron chi connectivity index (χ2n) is 12.7. The number of ketones is 1. The molecule has 2 saturated heterocycles. The van der Waals surface area contributed by atoms with Crippen molar-refractivity contribution in [3.63, 3.8) is 0 Å². The Kier molecular flexibility index (Phi) is 5.52. The summed E-state index contributed by atoms with van der Waals surface area (Å²) in [5.74, 6) is 3.23. The van der Waals surface area contributed by atoms with Crippen molar-refractivity contribution in [2.24, 2.45) is 34.5 Å². The Bertz CT molecular complexity index is 732. The second-order valence-corrected chi connectivity index (χ2v) is 12.7. The zero-order chi connectivity index (χ0) is 22.1. The van der Waals surface area contributed by atoms with E-state index in [-0.39, 0.29) is 23.6 Å². The highest BCUT2D eigenvalue weighted by Gasteiger charge is 2.63. The van der Waals surface area contributed by atoms with Gasteiger partial charge in [0.15, 0.2) is 5.78 Å². The highest BCUT2D eigenvalue weighted by molar-refractivity contribution is 5.92. The Labute approximate surface area is 194 Å². The molecule has 6 aliphatic rings. The van der Waals surface area contributed by atoms with Gasteiger partial charge in [-0.2, -0.15) is 0 Å². The Balaban J connectivity index is 1.25. The Morgan fingerprint density at radius 2 is 1.69 bits per heavy atom. The first kappa shape index (κ1) is 22.0. The molecule has 0 spiro atoms. The minimum Gasteiger partial charge on any atom is -0.391 e. The number of rotatable bonds is 2. The van der Waals surface area contributed by atoms with E-state index in [0.29, 0.717) is 29.0 Å². The molecule has 4 aliphatic carbocycles. The van der Waals surface area contributed by atoms with E-state index >= 15 is 0 Å². The van der Waals surface area contributed by atoms with Gasteiger partial charge in [-0.15, -0.1) is 0 Å². The van der Waals surface area contributed by atoms with Gasteiger partial charge in [-0.1, -0.05) is 13.8 Å². The molecule has 0 unspecified atom stereocenters. The lowest BCUT2D eigenvalue weighted by atomic mass is 9.44. The van der Waals surface area contributed by atoms with Gasteiger partial charge in [0.2, 0.25) is 0 Å².